The molecule has 1 amide bonds. The maximum atomic E-state index is 11.6. The van der Waals surface area contributed by atoms with E-state index in [4.69, 9.17) is 15.2 Å². The number of nitrogens with one attached hydrogen (secondary N) is 1. The Labute approximate surface area is 107 Å². The van der Waals surface area contributed by atoms with E-state index in [1.807, 2.05) is 19.9 Å². The van der Waals surface area contributed by atoms with Crippen LogP contribution in [-0.4, -0.2) is 32.3 Å². The second-order valence-electron chi connectivity index (χ2n) is 3.87. The Hall–Kier alpha value is -1.59. The van der Waals surface area contributed by atoms with Crippen LogP contribution in [0.2, 0.25) is 0 Å². The van der Waals surface area contributed by atoms with Gasteiger partial charge in [-0.15, -0.1) is 0 Å². The number of nitrogen functional groups attached to an aromatic ring is 1. The van der Waals surface area contributed by atoms with Gasteiger partial charge in [-0.05, 0) is 31.5 Å². The van der Waals surface area contributed by atoms with Gasteiger partial charge in [-0.3, -0.25) is 4.79 Å². The molecule has 3 N–H and O–H groups in total. The van der Waals surface area contributed by atoms with Crippen molar-refractivity contribution in [3.63, 3.8) is 0 Å². The van der Waals surface area contributed by atoms with Gasteiger partial charge in [0.25, 0.3) is 0 Å². The summed E-state index contributed by atoms with van der Waals surface area (Å²) in [6.07, 6.45) is 0. The summed E-state index contributed by atoms with van der Waals surface area (Å²) in [5.41, 5.74) is 7.96. The summed E-state index contributed by atoms with van der Waals surface area (Å²) in [5, 5.41) is 2.76. The number of amides is 1. The molecule has 0 bridgehead atoms. The number of anilines is 2. The number of benzene rings is 1. The predicted octanol–water partition coefficient (Wildman–Crippen LogP) is 1.57. The summed E-state index contributed by atoms with van der Waals surface area (Å²) >= 11 is 0. The largest absolute Gasteiger partial charge is 0.399 e. The van der Waals surface area contributed by atoms with E-state index in [2.05, 4.69) is 5.32 Å². The number of hydrogen-bond donors (Lipinski definition) is 2. The van der Waals surface area contributed by atoms with Crippen molar-refractivity contribution >= 4 is 17.3 Å². The Balaban J connectivity index is 2.33. The third-order valence-electron chi connectivity index (χ3n) is 2.35. The summed E-state index contributed by atoms with van der Waals surface area (Å²) in [5.74, 6) is -0.194. The molecule has 0 saturated heterocycles. The highest BCUT2D eigenvalue weighted by molar-refractivity contribution is 5.92. The SMILES string of the molecule is CCOCCOCC(=O)Nc1cc(N)ccc1C. The van der Waals surface area contributed by atoms with Gasteiger partial charge in [-0.2, -0.15) is 0 Å². The first-order valence-corrected chi connectivity index (χ1v) is 5.95. The lowest BCUT2D eigenvalue weighted by Gasteiger charge is -2.09. The van der Waals surface area contributed by atoms with Crippen molar-refractivity contribution in [2.75, 3.05) is 37.5 Å². The van der Waals surface area contributed by atoms with Crippen LogP contribution >= 0.6 is 0 Å². The van der Waals surface area contributed by atoms with Crippen LogP contribution in [0.1, 0.15) is 12.5 Å². The first-order valence-electron chi connectivity index (χ1n) is 5.95. The molecule has 1 aromatic carbocycles. The molecule has 0 aliphatic heterocycles. The minimum absolute atomic E-state index is 0.0152. The Morgan fingerprint density at radius 1 is 1.33 bits per heavy atom. The van der Waals surface area contributed by atoms with Crippen molar-refractivity contribution < 1.29 is 14.3 Å². The van der Waals surface area contributed by atoms with E-state index in [0.717, 1.165) is 5.56 Å². The monoisotopic (exact) mass is 252 g/mol. The molecule has 0 unspecified atom stereocenters. The lowest BCUT2D eigenvalue weighted by atomic mass is 10.2. The summed E-state index contributed by atoms with van der Waals surface area (Å²) in [6.45, 7) is 5.40. The van der Waals surface area contributed by atoms with E-state index in [-0.39, 0.29) is 12.5 Å². The van der Waals surface area contributed by atoms with Gasteiger partial charge in [0.05, 0.1) is 13.2 Å². The first-order chi connectivity index (χ1) is 8.63. The fraction of sp³-hybridized carbons (Fsp3) is 0.462. The minimum atomic E-state index is -0.194. The standard InChI is InChI=1S/C13H20N2O3/c1-3-17-6-7-18-9-13(16)15-12-8-11(14)5-4-10(12)2/h4-5,8H,3,6-7,9,14H2,1-2H3,(H,15,16). The average Bonchev–Trinajstić information content (AvgIpc) is 2.33. The number of nitrogens with two attached hydrogens (primary N) is 1. The Morgan fingerprint density at radius 2 is 2.06 bits per heavy atom. The van der Waals surface area contributed by atoms with Crippen LogP contribution in [0.15, 0.2) is 18.2 Å². The third-order valence-corrected chi connectivity index (χ3v) is 2.35. The fourth-order valence-corrected chi connectivity index (χ4v) is 1.39. The number of rotatable bonds is 7. The lowest BCUT2D eigenvalue weighted by Crippen LogP contribution is -2.20. The first kappa shape index (κ1) is 14.5. The van der Waals surface area contributed by atoms with Crippen molar-refractivity contribution in [3.05, 3.63) is 23.8 Å². The van der Waals surface area contributed by atoms with Gasteiger partial charge in [-0.1, -0.05) is 6.07 Å². The number of carbonyl (C=O) groups is 1. The highest BCUT2D eigenvalue weighted by Crippen LogP contribution is 2.17. The van der Waals surface area contributed by atoms with E-state index in [1.165, 1.54) is 0 Å². The Kier molecular flexibility index (Phi) is 6.18. The summed E-state index contributed by atoms with van der Waals surface area (Å²) in [4.78, 5) is 11.6. The zero-order chi connectivity index (χ0) is 13.4. The molecule has 0 heterocycles. The Bertz CT molecular complexity index is 394. The Morgan fingerprint density at radius 3 is 2.78 bits per heavy atom. The average molecular weight is 252 g/mol. The summed E-state index contributed by atoms with van der Waals surface area (Å²) in [7, 11) is 0. The van der Waals surface area contributed by atoms with Gasteiger partial charge in [0.1, 0.15) is 6.61 Å². The molecule has 0 aromatic heterocycles. The van der Waals surface area contributed by atoms with Crippen molar-refractivity contribution in [1.29, 1.82) is 0 Å². The number of ether oxygens (including phenoxy) is 2. The van der Waals surface area contributed by atoms with Gasteiger partial charge in [0.2, 0.25) is 5.91 Å². The predicted molar refractivity (Wildman–Crippen MR) is 71.5 cm³/mol. The fourth-order valence-electron chi connectivity index (χ4n) is 1.39. The second-order valence-corrected chi connectivity index (χ2v) is 3.87. The maximum absolute atomic E-state index is 11.6. The van der Waals surface area contributed by atoms with Gasteiger partial charge >= 0.3 is 0 Å². The highest BCUT2D eigenvalue weighted by atomic mass is 16.5. The lowest BCUT2D eigenvalue weighted by molar-refractivity contribution is -0.121. The molecule has 1 aromatic rings. The molecule has 5 heteroatoms. The molecule has 0 atom stereocenters. The van der Waals surface area contributed by atoms with Crippen LogP contribution < -0.4 is 11.1 Å². The summed E-state index contributed by atoms with van der Waals surface area (Å²) < 4.78 is 10.3. The van der Waals surface area contributed by atoms with Crippen LogP contribution in [0.4, 0.5) is 11.4 Å². The van der Waals surface area contributed by atoms with Crippen LogP contribution in [0, 0.1) is 6.92 Å². The molecular weight excluding hydrogens is 232 g/mol. The summed E-state index contributed by atoms with van der Waals surface area (Å²) in [6, 6.07) is 5.39. The van der Waals surface area contributed by atoms with Crippen molar-refractivity contribution in [1.82, 2.24) is 0 Å². The minimum Gasteiger partial charge on any atom is -0.399 e. The molecule has 1 rings (SSSR count). The van der Waals surface area contributed by atoms with E-state index in [1.54, 1.807) is 12.1 Å². The molecule has 0 spiro atoms. The van der Waals surface area contributed by atoms with Gasteiger partial charge < -0.3 is 20.5 Å². The van der Waals surface area contributed by atoms with E-state index >= 15 is 0 Å². The van der Waals surface area contributed by atoms with Gasteiger partial charge in [0.15, 0.2) is 0 Å². The van der Waals surface area contributed by atoms with Gasteiger partial charge in [0, 0.05) is 18.0 Å². The number of hydrogen-bond acceptors (Lipinski definition) is 4. The van der Waals surface area contributed by atoms with E-state index in [9.17, 15) is 4.79 Å². The molecule has 0 fully saturated rings. The normalized spacial score (nSPS) is 10.3. The molecule has 100 valence electrons. The molecule has 0 saturated carbocycles. The topological polar surface area (TPSA) is 73.6 Å². The molecule has 0 radical (unpaired) electrons. The van der Waals surface area contributed by atoms with Crippen LogP contribution in [0.5, 0.6) is 0 Å². The molecule has 5 nitrogen and oxygen atoms in total. The van der Waals surface area contributed by atoms with Crippen molar-refractivity contribution in [3.8, 4) is 0 Å². The molecule has 0 aliphatic carbocycles. The van der Waals surface area contributed by atoms with Gasteiger partial charge in [-0.25, -0.2) is 0 Å². The van der Waals surface area contributed by atoms with Crippen LogP contribution in [0.3, 0.4) is 0 Å². The van der Waals surface area contributed by atoms with E-state index in [0.29, 0.717) is 31.2 Å². The van der Waals surface area contributed by atoms with Crippen molar-refractivity contribution in [2.24, 2.45) is 0 Å². The highest BCUT2D eigenvalue weighted by Gasteiger charge is 2.05. The number of carbonyl (C=O) groups excluding carboxylic acids is 1. The zero-order valence-electron chi connectivity index (χ0n) is 10.9. The molecular formula is C13H20N2O3. The van der Waals surface area contributed by atoms with E-state index < -0.39 is 0 Å². The van der Waals surface area contributed by atoms with Crippen LogP contribution in [0.25, 0.3) is 0 Å². The second kappa shape index (κ2) is 7.68. The quantitative estimate of drug-likeness (QED) is 0.570. The number of aryl methyl sites for hydroxylation is 1. The molecule has 0 aliphatic rings. The van der Waals surface area contributed by atoms with Crippen molar-refractivity contribution in [2.45, 2.75) is 13.8 Å². The van der Waals surface area contributed by atoms with Crippen LogP contribution in [-0.2, 0) is 14.3 Å². The maximum Gasteiger partial charge on any atom is 0.250 e. The molecule has 18 heavy (non-hydrogen) atoms. The smallest absolute Gasteiger partial charge is 0.250 e. The third kappa shape index (κ3) is 5.16. The zero-order valence-corrected chi connectivity index (χ0v) is 10.9.